The maximum Gasteiger partial charge on any atom is -1.00 e. The van der Waals surface area contributed by atoms with Gasteiger partial charge in [-0.2, -0.15) is 0 Å². The molecule has 0 N–H and O–H groups in total. The molecule has 1 fully saturated rings. The van der Waals surface area contributed by atoms with E-state index < -0.39 is 21.3 Å². The first-order valence-corrected chi connectivity index (χ1v) is 13.8. The van der Waals surface area contributed by atoms with Crippen molar-refractivity contribution in [3.8, 4) is 11.1 Å². The third-order valence-corrected chi connectivity index (χ3v) is 14.3. The van der Waals surface area contributed by atoms with Crippen molar-refractivity contribution in [2.45, 2.75) is 51.9 Å². The van der Waals surface area contributed by atoms with Crippen LogP contribution in [0.4, 0.5) is 0 Å². The first kappa shape index (κ1) is 21.9. The van der Waals surface area contributed by atoms with Gasteiger partial charge in [-0.25, -0.2) is 0 Å². The van der Waals surface area contributed by atoms with Crippen LogP contribution in [0, 0.1) is 6.92 Å². The number of allylic oxidation sites excluding steroid dienone is 4. The average molecular weight is 489 g/mol. The molecule has 0 radical (unpaired) electrons. The van der Waals surface area contributed by atoms with Crippen molar-refractivity contribution in [2.75, 3.05) is 0 Å². The van der Waals surface area contributed by atoms with E-state index in [9.17, 15) is 0 Å². The summed E-state index contributed by atoms with van der Waals surface area (Å²) < 4.78 is 5.58. The number of fused-ring (bicyclic) bond motifs is 3. The molecule has 0 aliphatic heterocycles. The van der Waals surface area contributed by atoms with Crippen LogP contribution < -0.4 is 28.1 Å². The molecule has 5 rings (SSSR count). The average Bonchev–Trinajstić information content (AvgIpc) is 3.33. The molecule has 1 saturated carbocycles. The number of rotatable bonds is 2. The van der Waals surface area contributed by atoms with E-state index in [1.54, 1.807) is 14.4 Å². The Morgan fingerprint density at radius 1 is 0.893 bits per heavy atom. The van der Waals surface area contributed by atoms with E-state index >= 15 is 0 Å². The Bertz CT molecular complexity index is 974. The number of aryl methyl sites for hydroxylation is 1. The summed E-state index contributed by atoms with van der Waals surface area (Å²) in [5.74, 6) is 0. The minimum Gasteiger partial charge on any atom is -1.00 e. The zero-order valence-electron chi connectivity index (χ0n) is 16.4. The number of halogens is 2. The van der Waals surface area contributed by atoms with Gasteiger partial charge in [-0.05, 0) is 0 Å². The quantitative estimate of drug-likeness (QED) is 0.469. The van der Waals surface area contributed by atoms with Gasteiger partial charge in [0.2, 0.25) is 0 Å². The van der Waals surface area contributed by atoms with Crippen molar-refractivity contribution in [1.29, 1.82) is 0 Å². The van der Waals surface area contributed by atoms with Crippen LogP contribution in [0.3, 0.4) is 0 Å². The van der Waals surface area contributed by atoms with Crippen LogP contribution in [0.5, 0.6) is 0 Å². The van der Waals surface area contributed by atoms with Crippen molar-refractivity contribution in [3.05, 3.63) is 74.6 Å². The van der Waals surface area contributed by atoms with Crippen LogP contribution in [0.1, 0.15) is 55.2 Å². The van der Waals surface area contributed by atoms with Gasteiger partial charge >= 0.3 is 165 Å². The number of hydrogen-bond donors (Lipinski definition) is 0. The Labute approximate surface area is 189 Å². The SMILES string of the molecule is Cc1cc[c]([Zr+2]([C]2=CC=CC2)=[C]2CCCCC2)c2c1-c1ccccc1C2.[Cl-].[Cl-]. The normalized spacial score (nSPS) is 16.3. The van der Waals surface area contributed by atoms with E-state index in [2.05, 4.69) is 61.5 Å². The van der Waals surface area contributed by atoms with Gasteiger partial charge in [0.25, 0.3) is 0 Å². The Morgan fingerprint density at radius 3 is 2.43 bits per heavy atom. The van der Waals surface area contributed by atoms with E-state index in [1.165, 1.54) is 55.2 Å². The number of hydrogen-bond acceptors (Lipinski definition) is 0. The van der Waals surface area contributed by atoms with Gasteiger partial charge in [-0.15, -0.1) is 0 Å². The van der Waals surface area contributed by atoms with Crippen molar-refractivity contribution >= 4 is 6.48 Å². The van der Waals surface area contributed by atoms with Gasteiger partial charge in [-0.1, -0.05) is 0 Å². The topological polar surface area (TPSA) is 0 Å². The summed E-state index contributed by atoms with van der Waals surface area (Å²) in [6.45, 7) is 2.30. The molecule has 0 heterocycles. The summed E-state index contributed by atoms with van der Waals surface area (Å²) in [6, 6.07) is 14.0. The molecule has 0 bridgehead atoms. The molecule has 3 heteroatoms. The third kappa shape index (κ3) is 3.83. The van der Waals surface area contributed by atoms with Gasteiger partial charge in [0.05, 0.1) is 0 Å². The fourth-order valence-electron chi connectivity index (χ4n) is 5.12. The van der Waals surface area contributed by atoms with E-state index in [1.807, 2.05) is 6.49 Å². The minimum atomic E-state index is -1.93. The Morgan fingerprint density at radius 2 is 1.68 bits per heavy atom. The summed E-state index contributed by atoms with van der Waals surface area (Å²) in [4.78, 5) is 0. The molecule has 0 saturated heterocycles. The Balaban J connectivity index is 0.00000112. The predicted molar refractivity (Wildman–Crippen MR) is 109 cm³/mol. The molecule has 0 atom stereocenters. The maximum atomic E-state index is 2.54. The zero-order chi connectivity index (χ0) is 17.5. The van der Waals surface area contributed by atoms with Gasteiger partial charge < -0.3 is 24.8 Å². The van der Waals surface area contributed by atoms with Gasteiger partial charge in [0.15, 0.2) is 0 Å². The van der Waals surface area contributed by atoms with Crippen LogP contribution in [0.25, 0.3) is 11.1 Å². The third-order valence-electron chi connectivity index (χ3n) is 6.35. The molecule has 0 aromatic heterocycles. The first-order chi connectivity index (χ1) is 12.8. The molecule has 2 aromatic rings. The first-order valence-electron chi connectivity index (χ1n) is 10.1. The second-order valence-corrected chi connectivity index (χ2v) is 14.5. The summed E-state index contributed by atoms with van der Waals surface area (Å²) in [6.07, 6.45) is 16.6. The summed E-state index contributed by atoms with van der Waals surface area (Å²) in [7, 11) is 0. The van der Waals surface area contributed by atoms with Crippen LogP contribution in [-0.4, -0.2) is 3.21 Å². The molecule has 0 nitrogen and oxygen atoms in total. The van der Waals surface area contributed by atoms with Crippen LogP contribution in [-0.2, 0) is 27.7 Å². The van der Waals surface area contributed by atoms with Crippen LogP contribution >= 0.6 is 0 Å². The summed E-state index contributed by atoms with van der Waals surface area (Å²) >= 11 is -1.93. The molecule has 28 heavy (non-hydrogen) atoms. The molecule has 0 spiro atoms. The van der Waals surface area contributed by atoms with Crippen molar-refractivity contribution < 1.29 is 46.1 Å². The van der Waals surface area contributed by atoms with E-state index in [-0.39, 0.29) is 24.8 Å². The predicted octanol–water partition coefficient (Wildman–Crippen LogP) is -0.202. The van der Waals surface area contributed by atoms with Gasteiger partial charge in [-0.3, -0.25) is 0 Å². The molecule has 2 aromatic carbocycles. The molecule has 0 amide bonds. The second kappa shape index (κ2) is 9.38. The molecular formula is C25H26Cl2Zr. The molecule has 3 aliphatic rings. The maximum absolute atomic E-state index is 2.54. The van der Waals surface area contributed by atoms with E-state index in [0.29, 0.717) is 0 Å². The van der Waals surface area contributed by atoms with Crippen LogP contribution in [0.15, 0.2) is 57.9 Å². The number of benzene rings is 2. The summed E-state index contributed by atoms with van der Waals surface area (Å²) in [5, 5.41) is 0. The summed E-state index contributed by atoms with van der Waals surface area (Å²) in [5.41, 5.74) is 7.75. The fourth-order valence-corrected chi connectivity index (χ4v) is 13.4. The van der Waals surface area contributed by atoms with E-state index in [0.717, 1.165) is 6.42 Å². The van der Waals surface area contributed by atoms with Crippen LogP contribution in [0.2, 0.25) is 0 Å². The molecule has 0 unspecified atom stereocenters. The molecule has 3 aliphatic carbocycles. The van der Waals surface area contributed by atoms with Crippen molar-refractivity contribution in [1.82, 2.24) is 0 Å². The molecular weight excluding hydrogens is 462 g/mol. The Hall–Kier alpha value is -0.747. The molecule has 144 valence electrons. The monoisotopic (exact) mass is 486 g/mol. The Kier molecular flexibility index (Phi) is 7.35. The van der Waals surface area contributed by atoms with Gasteiger partial charge in [0, 0.05) is 0 Å². The zero-order valence-corrected chi connectivity index (χ0v) is 20.4. The van der Waals surface area contributed by atoms with E-state index in [4.69, 9.17) is 0 Å². The smallest absolute Gasteiger partial charge is 1.00 e. The fraction of sp³-hybridized carbons (Fsp3) is 0.320. The largest absolute Gasteiger partial charge is 1.00 e. The van der Waals surface area contributed by atoms with Crippen molar-refractivity contribution in [2.24, 2.45) is 0 Å². The van der Waals surface area contributed by atoms with Crippen molar-refractivity contribution in [3.63, 3.8) is 0 Å². The minimum absolute atomic E-state index is 0. The second-order valence-electron chi connectivity index (χ2n) is 7.98. The van der Waals surface area contributed by atoms with Gasteiger partial charge in [0.1, 0.15) is 0 Å². The standard InChI is InChI=1S/C14H11.C6H10.C5H5.2ClH.Zr/c1-10-5-4-7-12-9-11-6-2-3-8-13(11)14(10)12;1-2-4-6-5-3-1;1-2-4-5-3-1;;;/h2-6,8H,9H2,1H3;1-5H2;1-3H,4H2;2*1H;/q;;;;;+2/p-2.